The van der Waals surface area contributed by atoms with Crippen LogP contribution in [0.25, 0.3) is 0 Å². The van der Waals surface area contributed by atoms with Crippen LogP contribution < -0.4 is 5.32 Å². The van der Waals surface area contributed by atoms with E-state index in [1.165, 1.54) is 16.3 Å². The summed E-state index contributed by atoms with van der Waals surface area (Å²) in [7, 11) is 1.88. The lowest BCUT2D eigenvalue weighted by Gasteiger charge is -2.27. The predicted molar refractivity (Wildman–Crippen MR) is 99.5 cm³/mol. The second kappa shape index (κ2) is 9.23. The molecule has 5 nitrogen and oxygen atoms in total. The molecular weight excluding hydrogens is 306 g/mol. The minimum absolute atomic E-state index is 0.662. The van der Waals surface area contributed by atoms with Gasteiger partial charge in [-0.15, -0.1) is 11.3 Å². The van der Waals surface area contributed by atoms with Crippen LogP contribution in [0, 0.1) is 0 Å². The zero-order valence-corrected chi connectivity index (χ0v) is 15.8. The van der Waals surface area contributed by atoms with E-state index in [1.54, 1.807) is 0 Å². The number of nitrogens with zero attached hydrogens (tertiary/aromatic N) is 4. The summed E-state index contributed by atoms with van der Waals surface area (Å²) < 4.78 is 0. The number of aromatic nitrogens is 1. The summed E-state index contributed by atoms with van der Waals surface area (Å²) in [5.41, 5.74) is 0. The number of thiazole rings is 1. The molecule has 2 rings (SSSR count). The van der Waals surface area contributed by atoms with E-state index in [9.17, 15) is 0 Å². The average molecular weight is 338 g/mol. The third kappa shape index (κ3) is 4.91. The fourth-order valence-corrected chi connectivity index (χ4v) is 4.07. The predicted octanol–water partition coefficient (Wildman–Crippen LogP) is 2.24. The van der Waals surface area contributed by atoms with Crippen LogP contribution in [0.1, 0.15) is 37.1 Å². The molecule has 1 saturated heterocycles. The van der Waals surface area contributed by atoms with Crippen molar-refractivity contribution in [1.29, 1.82) is 0 Å². The summed E-state index contributed by atoms with van der Waals surface area (Å²) in [6.07, 6.45) is 5.28. The zero-order chi connectivity index (χ0) is 16.7. The Kier molecular flexibility index (Phi) is 7.30. The normalized spacial score (nSPS) is 18.9. The smallest absolute Gasteiger partial charge is 0.193 e. The minimum atomic E-state index is 0.662. The molecule has 0 bridgehead atoms. The molecule has 0 aliphatic carbocycles. The Bertz CT molecular complexity index is 495. The lowest BCUT2D eigenvalue weighted by Crippen LogP contribution is -2.43. The quantitative estimate of drug-likeness (QED) is 0.612. The maximum absolute atomic E-state index is 4.48. The molecule has 2 heterocycles. The molecule has 1 unspecified atom stereocenters. The van der Waals surface area contributed by atoms with Crippen molar-refractivity contribution in [2.24, 2.45) is 4.99 Å². The summed E-state index contributed by atoms with van der Waals surface area (Å²) in [4.78, 5) is 15.3. The molecule has 1 N–H and O–H groups in total. The van der Waals surface area contributed by atoms with Gasteiger partial charge in [-0.05, 0) is 25.9 Å². The Morgan fingerprint density at radius 3 is 2.83 bits per heavy atom. The van der Waals surface area contributed by atoms with Crippen LogP contribution >= 0.6 is 11.3 Å². The largest absolute Gasteiger partial charge is 0.356 e. The number of likely N-dealkylation sites (N-methyl/N-ethyl adjacent to an activating group) is 1. The first-order chi connectivity index (χ1) is 11.2. The summed E-state index contributed by atoms with van der Waals surface area (Å²) in [6.45, 7) is 12.0. The summed E-state index contributed by atoms with van der Waals surface area (Å²) >= 11 is 1.82. The van der Waals surface area contributed by atoms with Crippen LogP contribution in [-0.2, 0) is 12.8 Å². The van der Waals surface area contributed by atoms with Crippen molar-refractivity contribution in [2.45, 2.75) is 46.1 Å². The van der Waals surface area contributed by atoms with Crippen LogP contribution in [-0.4, -0.2) is 66.6 Å². The van der Waals surface area contributed by atoms with E-state index in [2.05, 4.69) is 45.9 Å². The van der Waals surface area contributed by atoms with Gasteiger partial charge in [0.2, 0.25) is 0 Å². The number of aliphatic imine (C=N–C) groups is 1. The van der Waals surface area contributed by atoms with Gasteiger partial charge >= 0.3 is 0 Å². The molecule has 1 aliphatic rings. The third-order valence-corrected chi connectivity index (χ3v) is 5.78. The number of aryl methyl sites for hydroxylation is 1. The van der Waals surface area contributed by atoms with Crippen LogP contribution in [0.15, 0.2) is 11.2 Å². The Morgan fingerprint density at radius 1 is 1.43 bits per heavy atom. The van der Waals surface area contributed by atoms with Crippen molar-refractivity contribution < 1.29 is 0 Å². The number of hydrogen-bond donors (Lipinski definition) is 1. The number of hydrogen-bond acceptors (Lipinski definition) is 4. The molecule has 0 saturated carbocycles. The molecule has 0 radical (unpaired) electrons. The maximum Gasteiger partial charge on any atom is 0.193 e. The van der Waals surface area contributed by atoms with Crippen LogP contribution in [0.5, 0.6) is 0 Å². The van der Waals surface area contributed by atoms with E-state index in [4.69, 9.17) is 0 Å². The van der Waals surface area contributed by atoms with E-state index in [0.29, 0.717) is 6.04 Å². The van der Waals surface area contributed by atoms with E-state index >= 15 is 0 Å². The maximum atomic E-state index is 4.48. The third-order valence-electron chi connectivity index (χ3n) is 4.58. The first kappa shape index (κ1) is 18.2. The Balaban J connectivity index is 1.79. The highest BCUT2D eigenvalue weighted by atomic mass is 32.1. The number of rotatable bonds is 7. The standard InChI is InChI=1S/C17H31N5S/c1-5-15-12-20-16(23-15)8-10-19-17(18-4)22-11-9-14(13-22)21(6-2)7-3/h12,14H,5-11,13H2,1-4H3,(H,18,19). The fourth-order valence-electron chi connectivity index (χ4n) is 3.21. The van der Waals surface area contributed by atoms with Crippen molar-refractivity contribution in [2.75, 3.05) is 39.8 Å². The summed E-state index contributed by atoms with van der Waals surface area (Å²) in [6, 6.07) is 0.662. The van der Waals surface area contributed by atoms with Crippen molar-refractivity contribution in [3.05, 3.63) is 16.1 Å². The molecule has 23 heavy (non-hydrogen) atoms. The second-order valence-electron chi connectivity index (χ2n) is 5.91. The Labute approximate surface area is 144 Å². The van der Waals surface area contributed by atoms with Crippen molar-refractivity contribution in [1.82, 2.24) is 20.1 Å². The molecule has 1 aliphatic heterocycles. The van der Waals surface area contributed by atoms with E-state index in [1.807, 2.05) is 24.6 Å². The topological polar surface area (TPSA) is 43.8 Å². The van der Waals surface area contributed by atoms with Gasteiger partial charge in [0.1, 0.15) is 0 Å². The molecule has 1 atom stereocenters. The molecule has 1 aromatic rings. The lowest BCUT2D eigenvalue weighted by molar-refractivity contribution is 0.223. The Morgan fingerprint density at radius 2 is 2.22 bits per heavy atom. The van der Waals surface area contributed by atoms with Gasteiger partial charge in [0.15, 0.2) is 5.96 Å². The Hall–Kier alpha value is -1.14. The number of guanidine groups is 1. The first-order valence-corrected chi connectivity index (χ1v) is 9.66. The molecule has 6 heteroatoms. The lowest BCUT2D eigenvalue weighted by atomic mass is 10.2. The van der Waals surface area contributed by atoms with Gasteiger partial charge in [-0.2, -0.15) is 0 Å². The van der Waals surface area contributed by atoms with Crippen LogP contribution in [0.4, 0.5) is 0 Å². The molecule has 130 valence electrons. The summed E-state index contributed by atoms with van der Waals surface area (Å²) in [5, 5.41) is 4.72. The average Bonchev–Trinajstić information content (AvgIpc) is 3.22. The molecule has 0 aromatic carbocycles. The van der Waals surface area contributed by atoms with Crippen LogP contribution in [0.3, 0.4) is 0 Å². The van der Waals surface area contributed by atoms with Gasteiger partial charge in [0, 0.05) is 50.2 Å². The molecule has 1 fully saturated rings. The van der Waals surface area contributed by atoms with Gasteiger partial charge in [0.05, 0.1) is 5.01 Å². The number of likely N-dealkylation sites (tertiary alicyclic amines) is 1. The molecule has 0 amide bonds. The summed E-state index contributed by atoms with van der Waals surface area (Å²) in [5.74, 6) is 1.03. The van der Waals surface area contributed by atoms with E-state index in [0.717, 1.165) is 51.5 Å². The van der Waals surface area contributed by atoms with Gasteiger partial charge in [-0.3, -0.25) is 9.89 Å². The number of nitrogens with one attached hydrogen (secondary N) is 1. The van der Waals surface area contributed by atoms with E-state index < -0.39 is 0 Å². The van der Waals surface area contributed by atoms with Crippen molar-refractivity contribution >= 4 is 17.3 Å². The molecular formula is C17H31N5S. The minimum Gasteiger partial charge on any atom is -0.356 e. The molecule has 0 spiro atoms. The van der Waals surface area contributed by atoms with E-state index in [-0.39, 0.29) is 0 Å². The van der Waals surface area contributed by atoms with Gasteiger partial charge in [0.25, 0.3) is 0 Å². The molecule has 1 aromatic heterocycles. The van der Waals surface area contributed by atoms with Gasteiger partial charge < -0.3 is 10.2 Å². The van der Waals surface area contributed by atoms with Crippen LogP contribution in [0.2, 0.25) is 0 Å². The fraction of sp³-hybridized carbons (Fsp3) is 0.765. The highest BCUT2D eigenvalue weighted by Crippen LogP contribution is 2.16. The highest BCUT2D eigenvalue weighted by Gasteiger charge is 2.27. The second-order valence-corrected chi connectivity index (χ2v) is 7.11. The van der Waals surface area contributed by atoms with Crippen molar-refractivity contribution in [3.8, 4) is 0 Å². The van der Waals surface area contributed by atoms with Crippen molar-refractivity contribution in [3.63, 3.8) is 0 Å². The van der Waals surface area contributed by atoms with Gasteiger partial charge in [-0.25, -0.2) is 4.98 Å². The first-order valence-electron chi connectivity index (χ1n) is 8.84. The SMILES string of the molecule is CCc1cnc(CCNC(=NC)N2CCC(N(CC)CC)C2)s1. The zero-order valence-electron chi connectivity index (χ0n) is 15.0. The highest BCUT2D eigenvalue weighted by molar-refractivity contribution is 7.11. The monoisotopic (exact) mass is 337 g/mol. The van der Waals surface area contributed by atoms with Gasteiger partial charge in [-0.1, -0.05) is 20.8 Å².